The third-order valence-electron chi connectivity index (χ3n) is 3.18. The van der Waals surface area contributed by atoms with Gasteiger partial charge in [-0.3, -0.25) is 0 Å². The molecule has 1 aromatic carbocycles. The van der Waals surface area contributed by atoms with Gasteiger partial charge >= 0.3 is 0 Å². The minimum atomic E-state index is -3.65. The molecule has 2 heterocycles. The van der Waals surface area contributed by atoms with E-state index in [2.05, 4.69) is 5.16 Å². The first kappa shape index (κ1) is 13.6. The quantitative estimate of drug-likeness (QED) is 0.746. The van der Waals surface area contributed by atoms with Crippen LogP contribution in [-0.2, 0) is 10.0 Å². The van der Waals surface area contributed by atoms with Gasteiger partial charge in [-0.05, 0) is 38.1 Å². The Hall–Kier alpha value is -2.34. The second-order valence-electron chi connectivity index (χ2n) is 4.83. The molecular weight excluding hydrogens is 288 g/mol. The smallest absolute Gasteiger partial charge is 0.268 e. The van der Waals surface area contributed by atoms with Gasteiger partial charge in [-0.2, -0.15) is 0 Å². The van der Waals surface area contributed by atoms with E-state index in [1.165, 1.54) is 10.2 Å². The van der Waals surface area contributed by atoms with Crippen LogP contribution in [0, 0.1) is 13.8 Å². The Morgan fingerprint density at radius 2 is 1.81 bits per heavy atom. The van der Waals surface area contributed by atoms with Crippen molar-refractivity contribution in [3.8, 4) is 11.4 Å². The Kier molecular flexibility index (Phi) is 3.17. The maximum absolute atomic E-state index is 12.7. The van der Waals surface area contributed by atoms with E-state index >= 15 is 0 Å². The monoisotopic (exact) mass is 302 g/mol. The number of aryl methyl sites for hydroxylation is 2. The van der Waals surface area contributed by atoms with Crippen LogP contribution in [0.15, 0.2) is 58.1 Å². The topological polar surface area (TPSA) is 65.1 Å². The van der Waals surface area contributed by atoms with Crippen LogP contribution >= 0.6 is 0 Å². The first-order valence-corrected chi connectivity index (χ1v) is 7.86. The first-order chi connectivity index (χ1) is 9.98. The van der Waals surface area contributed by atoms with Crippen LogP contribution in [0.1, 0.15) is 11.3 Å². The Bertz CT molecular complexity index is 874. The van der Waals surface area contributed by atoms with Crippen LogP contribution < -0.4 is 0 Å². The Balaban J connectivity index is 2.13. The molecule has 108 valence electrons. The number of nitrogens with zero attached hydrogens (tertiary/aromatic N) is 2. The molecule has 0 aliphatic carbocycles. The van der Waals surface area contributed by atoms with E-state index < -0.39 is 10.0 Å². The van der Waals surface area contributed by atoms with Crippen molar-refractivity contribution < 1.29 is 12.9 Å². The molecule has 21 heavy (non-hydrogen) atoms. The summed E-state index contributed by atoms with van der Waals surface area (Å²) in [4.78, 5) is 0.241. The standard InChI is InChI=1S/C15H14N2O3S/c1-11-5-7-13(8-6-11)21(18,19)17-9-3-4-15(17)14-10-12(2)20-16-14/h3-10H,1-2H3. The Morgan fingerprint density at radius 1 is 1.10 bits per heavy atom. The molecule has 0 bridgehead atoms. The van der Waals surface area contributed by atoms with Crippen LogP contribution in [0.3, 0.4) is 0 Å². The molecule has 0 atom stereocenters. The van der Waals surface area contributed by atoms with E-state index in [0.717, 1.165) is 5.56 Å². The fourth-order valence-electron chi connectivity index (χ4n) is 2.08. The van der Waals surface area contributed by atoms with Crippen LogP contribution in [-0.4, -0.2) is 17.5 Å². The molecule has 2 aromatic heterocycles. The van der Waals surface area contributed by atoms with Crippen molar-refractivity contribution in [3.63, 3.8) is 0 Å². The largest absolute Gasteiger partial charge is 0.361 e. The SMILES string of the molecule is Cc1ccc(S(=O)(=O)n2cccc2-c2cc(C)on2)cc1. The lowest BCUT2D eigenvalue weighted by Gasteiger charge is -2.09. The summed E-state index contributed by atoms with van der Waals surface area (Å²) in [6, 6.07) is 11.8. The molecule has 0 aliphatic rings. The summed E-state index contributed by atoms with van der Waals surface area (Å²) >= 11 is 0. The molecule has 0 fully saturated rings. The highest BCUT2D eigenvalue weighted by molar-refractivity contribution is 7.90. The van der Waals surface area contributed by atoms with Gasteiger partial charge in [0.15, 0.2) is 0 Å². The van der Waals surface area contributed by atoms with Gasteiger partial charge in [0.05, 0.1) is 10.6 Å². The van der Waals surface area contributed by atoms with Gasteiger partial charge in [-0.25, -0.2) is 12.4 Å². The summed E-state index contributed by atoms with van der Waals surface area (Å²) in [5, 5.41) is 3.88. The van der Waals surface area contributed by atoms with Crippen molar-refractivity contribution in [3.05, 3.63) is 60.0 Å². The molecule has 0 amide bonds. The van der Waals surface area contributed by atoms with Gasteiger partial charge in [-0.1, -0.05) is 22.9 Å². The van der Waals surface area contributed by atoms with Gasteiger partial charge in [0, 0.05) is 12.3 Å². The van der Waals surface area contributed by atoms with E-state index in [1.54, 1.807) is 49.4 Å². The molecule has 6 heteroatoms. The molecule has 0 unspecified atom stereocenters. The third kappa shape index (κ3) is 2.38. The molecule has 5 nitrogen and oxygen atoms in total. The van der Waals surface area contributed by atoms with Crippen LogP contribution in [0.5, 0.6) is 0 Å². The maximum atomic E-state index is 12.7. The summed E-state index contributed by atoms with van der Waals surface area (Å²) in [5.41, 5.74) is 1.98. The fourth-order valence-corrected chi connectivity index (χ4v) is 3.44. The van der Waals surface area contributed by atoms with Crippen molar-refractivity contribution in [2.45, 2.75) is 18.7 Å². The lowest BCUT2D eigenvalue weighted by molar-refractivity contribution is 0.399. The average Bonchev–Trinajstić information content (AvgIpc) is 3.07. The maximum Gasteiger partial charge on any atom is 0.268 e. The Morgan fingerprint density at radius 3 is 2.43 bits per heavy atom. The molecule has 3 aromatic rings. The summed E-state index contributed by atoms with van der Waals surface area (Å²) in [6.07, 6.45) is 1.51. The molecule has 0 radical (unpaired) electrons. The summed E-state index contributed by atoms with van der Waals surface area (Å²) in [5.74, 6) is 0.630. The number of hydrogen-bond donors (Lipinski definition) is 0. The second kappa shape index (κ2) is 4.89. The minimum Gasteiger partial charge on any atom is -0.361 e. The molecule has 0 saturated carbocycles. The van der Waals surface area contributed by atoms with Gasteiger partial charge in [0.25, 0.3) is 10.0 Å². The number of hydrogen-bond acceptors (Lipinski definition) is 4. The van der Waals surface area contributed by atoms with Gasteiger partial charge in [0.2, 0.25) is 0 Å². The predicted molar refractivity (Wildman–Crippen MR) is 78.4 cm³/mol. The van der Waals surface area contributed by atoms with E-state index in [0.29, 0.717) is 17.1 Å². The molecule has 0 aliphatic heterocycles. The van der Waals surface area contributed by atoms with Crippen molar-refractivity contribution in [1.29, 1.82) is 0 Å². The van der Waals surface area contributed by atoms with E-state index in [-0.39, 0.29) is 4.90 Å². The summed E-state index contributed by atoms with van der Waals surface area (Å²) in [7, 11) is -3.65. The summed E-state index contributed by atoms with van der Waals surface area (Å²) in [6.45, 7) is 3.67. The van der Waals surface area contributed by atoms with Crippen LogP contribution in [0.4, 0.5) is 0 Å². The molecule has 0 saturated heterocycles. The van der Waals surface area contributed by atoms with Crippen molar-refractivity contribution >= 4 is 10.0 Å². The van der Waals surface area contributed by atoms with E-state index in [4.69, 9.17) is 4.52 Å². The molecule has 0 spiro atoms. The normalized spacial score (nSPS) is 11.7. The van der Waals surface area contributed by atoms with Crippen molar-refractivity contribution in [1.82, 2.24) is 9.13 Å². The van der Waals surface area contributed by atoms with Gasteiger partial charge in [0.1, 0.15) is 11.5 Å². The van der Waals surface area contributed by atoms with E-state index in [9.17, 15) is 8.42 Å². The highest BCUT2D eigenvalue weighted by Gasteiger charge is 2.21. The van der Waals surface area contributed by atoms with Crippen molar-refractivity contribution in [2.24, 2.45) is 0 Å². The summed E-state index contributed by atoms with van der Waals surface area (Å²) < 4.78 is 31.7. The zero-order valence-electron chi connectivity index (χ0n) is 11.6. The number of benzene rings is 1. The first-order valence-electron chi connectivity index (χ1n) is 6.42. The van der Waals surface area contributed by atoms with E-state index in [1.807, 2.05) is 6.92 Å². The van der Waals surface area contributed by atoms with Crippen LogP contribution in [0.25, 0.3) is 11.4 Å². The average molecular weight is 302 g/mol. The zero-order chi connectivity index (χ0) is 15.0. The lowest BCUT2D eigenvalue weighted by Crippen LogP contribution is -2.13. The molecule has 0 N–H and O–H groups in total. The highest BCUT2D eigenvalue weighted by atomic mass is 32.2. The fraction of sp³-hybridized carbons (Fsp3) is 0.133. The predicted octanol–water partition coefficient (Wildman–Crippen LogP) is 3.00. The molecule has 3 rings (SSSR count). The third-order valence-corrected chi connectivity index (χ3v) is 4.89. The van der Waals surface area contributed by atoms with Crippen LogP contribution in [0.2, 0.25) is 0 Å². The van der Waals surface area contributed by atoms with Gasteiger partial charge < -0.3 is 4.52 Å². The second-order valence-corrected chi connectivity index (χ2v) is 6.65. The van der Waals surface area contributed by atoms with Crippen molar-refractivity contribution in [2.75, 3.05) is 0 Å². The minimum absolute atomic E-state index is 0.241. The Labute approximate surface area is 122 Å². The lowest BCUT2D eigenvalue weighted by atomic mass is 10.2. The molecular formula is C15H14N2O3S. The van der Waals surface area contributed by atoms with Gasteiger partial charge in [-0.15, -0.1) is 0 Å². The number of aromatic nitrogens is 2. The number of rotatable bonds is 3. The zero-order valence-corrected chi connectivity index (χ0v) is 12.5. The highest BCUT2D eigenvalue weighted by Crippen LogP contribution is 2.24.